The monoisotopic (exact) mass is 398 g/mol. The molecule has 0 heterocycles. The number of para-hydroxylation sites is 1. The summed E-state index contributed by atoms with van der Waals surface area (Å²) in [6, 6.07) is 22.7. The molecule has 0 aliphatic carbocycles. The molecular weight excluding hydrogens is 375 g/mol. The summed E-state index contributed by atoms with van der Waals surface area (Å²) in [7, 11) is 0. The number of carboxylic acids is 1. The smallest absolute Gasteiger partial charge is 0.545 e. The predicted molar refractivity (Wildman–Crippen MR) is 107 cm³/mol. The molecule has 0 aliphatic heterocycles. The normalized spacial score (nSPS) is 10.1. The Labute approximate surface area is 193 Å². The molecule has 144 valence electrons. The van der Waals surface area contributed by atoms with Crippen LogP contribution in [0.3, 0.4) is 0 Å². The van der Waals surface area contributed by atoms with Gasteiger partial charge in [0, 0.05) is 0 Å². The van der Waals surface area contributed by atoms with Gasteiger partial charge in [0.05, 0.1) is 12.6 Å². The zero-order chi connectivity index (χ0) is 19.8. The molecule has 29 heavy (non-hydrogen) atoms. The van der Waals surface area contributed by atoms with Crippen molar-refractivity contribution < 1.29 is 48.9 Å². The van der Waals surface area contributed by atoms with Crippen molar-refractivity contribution in [2.75, 3.05) is 6.61 Å². The molecule has 5 heteroatoms. The molecule has 0 atom stereocenters. The number of benzene rings is 3. The van der Waals surface area contributed by atoms with Gasteiger partial charge in [-0.3, -0.25) is 0 Å². The van der Waals surface area contributed by atoms with Gasteiger partial charge in [0.25, 0.3) is 0 Å². The SMILES string of the molecule is CCOc1cccc(CCc2ccc(C(=O)[O-])cc2)c1OCc1ccccc1.[Na+]. The van der Waals surface area contributed by atoms with E-state index in [9.17, 15) is 9.90 Å². The Morgan fingerprint density at radius 1 is 0.828 bits per heavy atom. The second-order valence-electron chi connectivity index (χ2n) is 6.44. The van der Waals surface area contributed by atoms with Crippen molar-refractivity contribution in [2.45, 2.75) is 26.4 Å². The van der Waals surface area contributed by atoms with Crippen LogP contribution in [0.4, 0.5) is 0 Å². The molecule has 0 saturated carbocycles. The van der Waals surface area contributed by atoms with Crippen LogP contribution in [-0.2, 0) is 19.4 Å². The number of hydrogen-bond donors (Lipinski definition) is 0. The molecular formula is C24H23NaO4. The van der Waals surface area contributed by atoms with Crippen LogP contribution >= 0.6 is 0 Å². The summed E-state index contributed by atoms with van der Waals surface area (Å²) in [5.41, 5.74) is 3.40. The molecule has 0 spiro atoms. The molecule has 0 amide bonds. The number of carbonyl (C=O) groups excluding carboxylic acids is 1. The van der Waals surface area contributed by atoms with Crippen molar-refractivity contribution in [1.82, 2.24) is 0 Å². The molecule has 3 aromatic rings. The van der Waals surface area contributed by atoms with Crippen LogP contribution in [0.25, 0.3) is 0 Å². The maximum Gasteiger partial charge on any atom is 1.00 e. The molecule has 0 unspecified atom stereocenters. The largest absolute Gasteiger partial charge is 1.00 e. The summed E-state index contributed by atoms with van der Waals surface area (Å²) in [6.45, 7) is 2.99. The number of aryl methyl sites for hydroxylation is 2. The van der Waals surface area contributed by atoms with Crippen molar-refractivity contribution in [1.29, 1.82) is 0 Å². The van der Waals surface area contributed by atoms with Crippen LogP contribution in [0.1, 0.15) is 34.0 Å². The quantitative estimate of drug-likeness (QED) is 0.501. The summed E-state index contributed by atoms with van der Waals surface area (Å²) in [4.78, 5) is 10.9. The van der Waals surface area contributed by atoms with Gasteiger partial charge in [-0.2, -0.15) is 0 Å². The van der Waals surface area contributed by atoms with E-state index in [0.29, 0.717) is 13.2 Å². The number of carbonyl (C=O) groups is 1. The second-order valence-corrected chi connectivity index (χ2v) is 6.44. The standard InChI is InChI=1S/C24H24O4.Na/c1-2-27-22-10-6-9-20(23(22)28-17-19-7-4-3-5-8-19)14-11-18-12-15-21(16-13-18)24(25)26;/h3-10,12-13,15-16H,2,11,14,17H2,1H3,(H,25,26);/q;+1/p-1. The first-order chi connectivity index (χ1) is 13.7. The molecule has 0 N–H and O–H groups in total. The molecule has 0 bridgehead atoms. The molecule has 0 aromatic heterocycles. The zero-order valence-electron chi connectivity index (χ0n) is 16.9. The Morgan fingerprint density at radius 2 is 1.55 bits per heavy atom. The van der Waals surface area contributed by atoms with Crippen LogP contribution in [0.15, 0.2) is 72.8 Å². The van der Waals surface area contributed by atoms with E-state index in [1.807, 2.05) is 67.6 Å². The van der Waals surface area contributed by atoms with Crippen molar-refractivity contribution >= 4 is 5.97 Å². The van der Waals surface area contributed by atoms with Crippen LogP contribution in [0, 0.1) is 0 Å². The molecule has 0 fully saturated rings. The molecule has 4 nitrogen and oxygen atoms in total. The van der Waals surface area contributed by atoms with E-state index >= 15 is 0 Å². The second kappa shape index (κ2) is 11.7. The summed E-state index contributed by atoms with van der Waals surface area (Å²) in [5.74, 6) is 0.343. The average Bonchev–Trinajstić information content (AvgIpc) is 2.73. The average molecular weight is 398 g/mol. The van der Waals surface area contributed by atoms with Crippen LogP contribution in [0.5, 0.6) is 11.5 Å². The van der Waals surface area contributed by atoms with Gasteiger partial charge in [-0.05, 0) is 48.1 Å². The van der Waals surface area contributed by atoms with Crippen molar-refractivity contribution in [3.8, 4) is 11.5 Å². The van der Waals surface area contributed by atoms with Crippen molar-refractivity contribution in [3.63, 3.8) is 0 Å². The van der Waals surface area contributed by atoms with Gasteiger partial charge in [-0.1, -0.05) is 66.7 Å². The molecule has 3 rings (SSSR count). The Bertz CT molecular complexity index is 908. The Balaban J connectivity index is 0.00000300. The first-order valence-corrected chi connectivity index (χ1v) is 9.39. The van der Waals surface area contributed by atoms with Crippen LogP contribution in [0.2, 0.25) is 0 Å². The first kappa shape index (κ1) is 23.0. The molecule has 0 aliphatic rings. The maximum atomic E-state index is 10.9. The van der Waals surface area contributed by atoms with E-state index in [0.717, 1.165) is 41.0 Å². The van der Waals surface area contributed by atoms with E-state index in [4.69, 9.17) is 9.47 Å². The van der Waals surface area contributed by atoms with E-state index in [1.165, 1.54) is 0 Å². The Hall–Kier alpha value is -2.27. The zero-order valence-corrected chi connectivity index (χ0v) is 18.9. The summed E-state index contributed by atoms with van der Waals surface area (Å²) < 4.78 is 11.9. The fourth-order valence-corrected chi connectivity index (χ4v) is 3.01. The fraction of sp³-hybridized carbons (Fsp3) is 0.208. The third kappa shape index (κ3) is 6.64. The van der Waals surface area contributed by atoms with E-state index in [1.54, 1.807) is 12.1 Å². The van der Waals surface area contributed by atoms with Gasteiger partial charge in [0.1, 0.15) is 6.61 Å². The van der Waals surface area contributed by atoms with Gasteiger partial charge < -0.3 is 19.4 Å². The third-order valence-electron chi connectivity index (χ3n) is 4.46. The number of aromatic carboxylic acids is 1. The first-order valence-electron chi connectivity index (χ1n) is 9.39. The Kier molecular flexibility index (Phi) is 9.26. The minimum atomic E-state index is -1.16. The molecule has 3 aromatic carbocycles. The van der Waals surface area contributed by atoms with Gasteiger partial charge in [0.15, 0.2) is 11.5 Å². The third-order valence-corrected chi connectivity index (χ3v) is 4.46. The molecule has 0 radical (unpaired) electrons. The van der Waals surface area contributed by atoms with Crippen molar-refractivity contribution in [2.24, 2.45) is 0 Å². The summed E-state index contributed by atoms with van der Waals surface area (Å²) >= 11 is 0. The number of carboxylic acid groups (broad SMARTS) is 1. The molecule has 0 saturated heterocycles. The summed E-state index contributed by atoms with van der Waals surface area (Å²) in [6.07, 6.45) is 1.53. The van der Waals surface area contributed by atoms with Gasteiger partial charge in [0.2, 0.25) is 0 Å². The minimum absolute atomic E-state index is 0. The van der Waals surface area contributed by atoms with Crippen LogP contribution < -0.4 is 44.1 Å². The van der Waals surface area contributed by atoms with E-state index in [2.05, 4.69) is 0 Å². The fourth-order valence-electron chi connectivity index (χ4n) is 3.01. The van der Waals surface area contributed by atoms with E-state index in [-0.39, 0.29) is 35.1 Å². The summed E-state index contributed by atoms with van der Waals surface area (Å²) in [5, 5.41) is 10.9. The van der Waals surface area contributed by atoms with Gasteiger partial charge in [-0.15, -0.1) is 0 Å². The predicted octanol–water partition coefficient (Wildman–Crippen LogP) is 0.817. The Morgan fingerprint density at radius 3 is 2.21 bits per heavy atom. The number of ether oxygens (including phenoxy) is 2. The van der Waals surface area contributed by atoms with Gasteiger partial charge in [-0.25, -0.2) is 0 Å². The van der Waals surface area contributed by atoms with Gasteiger partial charge >= 0.3 is 29.6 Å². The minimum Gasteiger partial charge on any atom is -0.545 e. The topological polar surface area (TPSA) is 58.6 Å². The number of hydrogen-bond acceptors (Lipinski definition) is 4. The maximum absolute atomic E-state index is 10.9. The van der Waals surface area contributed by atoms with Crippen molar-refractivity contribution in [3.05, 3.63) is 95.1 Å². The van der Waals surface area contributed by atoms with E-state index < -0.39 is 5.97 Å². The van der Waals surface area contributed by atoms with Crippen LogP contribution in [-0.4, -0.2) is 12.6 Å². The number of rotatable bonds is 9.